The number of carbonyl (C=O) groups is 1. The maximum atomic E-state index is 10.6. The molecule has 2 heteroatoms. The van der Waals surface area contributed by atoms with E-state index in [0.717, 1.165) is 0 Å². The Bertz CT molecular complexity index is 78.6. The minimum Gasteiger partial charge on any atom is -0.356 e. The van der Waals surface area contributed by atoms with Gasteiger partial charge in [-0.3, -0.25) is 4.79 Å². The summed E-state index contributed by atoms with van der Waals surface area (Å²) in [6, 6.07) is 0. The van der Waals surface area contributed by atoms with Crippen molar-refractivity contribution >= 4 is 5.91 Å². The largest absolute Gasteiger partial charge is 0.356 e. The summed E-state index contributed by atoms with van der Waals surface area (Å²) in [7, 11) is 0. The summed E-state index contributed by atoms with van der Waals surface area (Å²) in [6.45, 7) is 7.90. The van der Waals surface area contributed by atoms with E-state index in [9.17, 15) is 4.79 Å². The highest BCUT2D eigenvalue weighted by Gasteiger charge is 2.02. The first-order valence-corrected chi connectivity index (χ1v) is 2.79. The summed E-state index contributed by atoms with van der Waals surface area (Å²) in [6.07, 6.45) is 0. The molecule has 0 spiro atoms. The Morgan fingerprint density at radius 2 is 2.38 bits per heavy atom. The number of hydrogen-bond donors (Lipinski definition) is 1. The molecule has 1 radical (unpaired) electrons. The Morgan fingerprint density at radius 3 is 2.50 bits per heavy atom. The molecule has 47 valence electrons. The van der Waals surface area contributed by atoms with Gasteiger partial charge in [-0.05, 0) is 13.8 Å². The quantitative estimate of drug-likeness (QED) is 0.559. The van der Waals surface area contributed by atoms with Gasteiger partial charge in [0.2, 0.25) is 5.91 Å². The molecule has 0 aromatic carbocycles. The Balaban J connectivity index is 3.33. The van der Waals surface area contributed by atoms with Gasteiger partial charge in [-0.15, -0.1) is 0 Å². The van der Waals surface area contributed by atoms with E-state index in [1.807, 2.05) is 6.92 Å². The van der Waals surface area contributed by atoms with Crippen LogP contribution in [0.25, 0.3) is 0 Å². The molecule has 0 saturated carbocycles. The van der Waals surface area contributed by atoms with Gasteiger partial charge < -0.3 is 5.32 Å². The van der Waals surface area contributed by atoms with Crippen molar-refractivity contribution in [2.45, 2.75) is 13.8 Å². The predicted molar refractivity (Wildman–Crippen MR) is 33.2 cm³/mol. The van der Waals surface area contributed by atoms with Crippen molar-refractivity contribution in [1.82, 2.24) is 5.32 Å². The fourth-order valence-corrected chi connectivity index (χ4v) is 0.348. The monoisotopic (exact) mass is 114 g/mol. The van der Waals surface area contributed by atoms with Gasteiger partial charge in [0.15, 0.2) is 0 Å². The number of nitrogens with one attached hydrogen (secondary N) is 1. The van der Waals surface area contributed by atoms with Gasteiger partial charge >= 0.3 is 0 Å². The fraction of sp³-hybridized carbons (Fsp3) is 0.667. The zero-order chi connectivity index (χ0) is 6.57. The molecule has 0 aromatic rings. The maximum absolute atomic E-state index is 10.6. The third-order valence-corrected chi connectivity index (χ3v) is 0.799. The van der Waals surface area contributed by atoms with E-state index in [1.54, 1.807) is 6.92 Å². The van der Waals surface area contributed by atoms with Gasteiger partial charge in [0.05, 0.1) is 0 Å². The van der Waals surface area contributed by atoms with Crippen LogP contribution < -0.4 is 5.32 Å². The lowest BCUT2D eigenvalue weighted by molar-refractivity contribution is -0.123. The minimum atomic E-state index is -0.130. The molecule has 0 aliphatic carbocycles. The molecule has 1 N–H and O–H groups in total. The first kappa shape index (κ1) is 7.47. The lowest BCUT2D eigenvalue weighted by Crippen LogP contribution is -2.27. The second-order valence-corrected chi connectivity index (χ2v) is 1.80. The standard InChI is InChI=1S/C6H12NO/c1-4-7-6(8)5(2)3/h5H,2,4H2,1,3H3,(H,7,8). The van der Waals surface area contributed by atoms with Crippen LogP contribution >= 0.6 is 0 Å². The second kappa shape index (κ2) is 3.47. The van der Waals surface area contributed by atoms with Crippen LogP contribution in [0, 0.1) is 12.8 Å². The van der Waals surface area contributed by atoms with Crippen molar-refractivity contribution < 1.29 is 4.79 Å². The first-order valence-electron chi connectivity index (χ1n) is 2.79. The fourth-order valence-electron chi connectivity index (χ4n) is 0.348. The zero-order valence-corrected chi connectivity index (χ0v) is 5.40. The molecule has 2 nitrogen and oxygen atoms in total. The molecule has 1 amide bonds. The first-order chi connectivity index (χ1) is 3.68. The van der Waals surface area contributed by atoms with Crippen molar-refractivity contribution in [2.75, 3.05) is 6.54 Å². The second-order valence-electron chi connectivity index (χ2n) is 1.80. The van der Waals surface area contributed by atoms with E-state index >= 15 is 0 Å². The summed E-state index contributed by atoms with van der Waals surface area (Å²) in [4.78, 5) is 10.6. The summed E-state index contributed by atoms with van der Waals surface area (Å²) in [5.74, 6) is -0.109. The average Bonchev–Trinajstić information content (AvgIpc) is 1.67. The van der Waals surface area contributed by atoms with Crippen LogP contribution in [0.1, 0.15) is 13.8 Å². The topological polar surface area (TPSA) is 29.1 Å². The molecule has 0 heterocycles. The average molecular weight is 114 g/mol. The van der Waals surface area contributed by atoms with Gasteiger partial charge in [0, 0.05) is 12.5 Å². The number of carbonyl (C=O) groups excluding carboxylic acids is 1. The van der Waals surface area contributed by atoms with Gasteiger partial charge in [-0.1, -0.05) is 6.92 Å². The molecule has 0 fully saturated rings. The molecular formula is C6H12NO. The van der Waals surface area contributed by atoms with Gasteiger partial charge in [-0.2, -0.15) is 0 Å². The van der Waals surface area contributed by atoms with Crippen molar-refractivity contribution in [3.8, 4) is 0 Å². The lowest BCUT2D eigenvalue weighted by Gasteiger charge is -2.02. The van der Waals surface area contributed by atoms with Gasteiger partial charge in [-0.25, -0.2) is 0 Å². The summed E-state index contributed by atoms with van der Waals surface area (Å²) < 4.78 is 0. The van der Waals surface area contributed by atoms with Crippen molar-refractivity contribution in [2.24, 2.45) is 5.92 Å². The van der Waals surface area contributed by atoms with Crippen LogP contribution in [0.2, 0.25) is 0 Å². The van der Waals surface area contributed by atoms with E-state index in [-0.39, 0.29) is 11.8 Å². The zero-order valence-electron chi connectivity index (χ0n) is 5.40. The summed E-state index contributed by atoms with van der Waals surface area (Å²) in [5.41, 5.74) is 0. The van der Waals surface area contributed by atoms with Crippen LogP contribution in [-0.4, -0.2) is 12.5 Å². The molecule has 1 unspecified atom stereocenters. The summed E-state index contributed by atoms with van der Waals surface area (Å²) in [5, 5.41) is 2.64. The Kier molecular flexibility index (Phi) is 3.24. The molecule has 0 bridgehead atoms. The maximum Gasteiger partial charge on any atom is 0.222 e. The molecule has 0 aliphatic rings. The van der Waals surface area contributed by atoms with Crippen molar-refractivity contribution in [3.05, 3.63) is 6.92 Å². The van der Waals surface area contributed by atoms with Crippen molar-refractivity contribution in [1.29, 1.82) is 0 Å². The molecule has 8 heavy (non-hydrogen) atoms. The van der Waals surface area contributed by atoms with Gasteiger partial charge in [0.25, 0.3) is 0 Å². The molecule has 1 atom stereocenters. The smallest absolute Gasteiger partial charge is 0.222 e. The van der Waals surface area contributed by atoms with Crippen molar-refractivity contribution in [3.63, 3.8) is 0 Å². The normalized spacial score (nSPS) is 9.50. The predicted octanol–water partition coefficient (Wildman–Crippen LogP) is 0.593. The number of hydrogen-bond acceptors (Lipinski definition) is 1. The molecule has 0 saturated heterocycles. The lowest BCUT2D eigenvalue weighted by atomic mass is 10.2. The SMILES string of the molecule is [CH2]C(C)C(=O)NCC. The highest BCUT2D eigenvalue weighted by atomic mass is 16.1. The third kappa shape index (κ3) is 2.61. The molecule has 0 rings (SSSR count). The van der Waals surface area contributed by atoms with E-state index in [4.69, 9.17) is 0 Å². The highest BCUT2D eigenvalue weighted by Crippen LogP contribution is 1.87. The Hall–Kier alpha value is -0.530. The minimum absolute atomic E-state index is 0.0208. The molecule has 0 aliphatic heterocycles. The van der Waals surface area contributed by atoms with Gasteiger partial charge in [0.1, 0.15) is 0 Å². The highest BCUT2D eigenvalue weighted by molar-refractivity contribution is 5.78. The van der Waals surface area contributed by atoms with Crippen LogP contribution in [0.5, 0.6) is 0 Å². The summed E-state index contributed by atoms with van der Waals surface area (Å²) >= 11 is 0. The van der Waals surface area contributed by atoms with Crippen LogP contribution in [-0.2, 0) is 4.79 Å². The Morgan fingerprint density at radius 1 is 1.88 bits per heavy atom. The number of amides is 1. The van der Waals surface area contributed by atoms with Crippen LogP contribution in [0.3, 0.4) is 0 Å². The Labute approximate surface area is 50.3 Å². The van der Waals surface area contributed by atoms with E-state index in [1.165, 1.54) is 0 Å². The third-order valence-electron chi connectivity index (χ3n) is 0.799. The number of rotatable bonds is 2. The van der Waals surface area contributed by atoms with Crippen LogP contribution in [0.4, 0.5) is 0 Å². The van der Waals surface area contributed by atoms with E-state index in [0.29, 0.717) is 6.54 Å². The van der Waals surface area contributed by atoms with Crippen LogP contribution in [0.15, 0.2) is 0 Å². The van der Waals surface area contributed by atoms with E-state index in [2.05, 4.69) is 12.2 Å². The molecular weight excluding hydrogens is 102 g/mol. The van der Waals surface area contributed by atoms with E-state index < -0.39 is 0 Å². The molecule has 0 aromatic heterocycles.